The highest BCUT2D eigenvalue weighted by Gasteiger charge is 2.11. The van der Waals surface area contributed by atoms with Crippen LogP contribution in [0.15, 0.2) is 54.6 Å². The molecule has 4 nitrogen and oxygen atoms in total. The third-order valence-corrected chi connectivity index (χ3v) is 3.61. The zero-order chi connectivity index (χ0) is 18.2. The maximum Gasteiger partial charge on any atom is 0.331 e. The van der Waals surface area contributed by atoms with Gasteiger partial charge in [0.05, 0.1) is 0 Å². The van der Waals surface area contributed by atoms with Gasteiger partial charge in [-0.05, 0) is 41.5 Å². The Labute approximate surface area is 150 Å². The molecule has 0 aliphatic rings. The van der Waals surface area contributed by atoms with E-state index in [1.165, 1.54) is 29.2 Å². The molecule has 0 N–H and O–H groups in total. The lowest BCUT2D eigenvalue weighted by molar-refractivity contribution is -0.147. The van der Waals surface area contributed by atoms with Gasteiger partial charge >= 0.3 is 5.97 Å². The summed E-state index contributed by atoms with van der Waals surface area (Å²) < 4.78 is 17.9. The van der Waals surface area contributed by atoms with Crippen LogP contribution >= 0.6 is 11.6 Å². The number of hydrogen-bond donors (Lipinski definition) is 0. The number of rotatable bonds is 6. The number of likely N-dealkylation sites (N-methyl/N-ethyl adjacent to an activating group) is 1. The molecule has 2 rings (SSSR count). The molecule has 0 radical (unpaired) electrons. The minimum absolute atomic E-state index is 0.331. The van der Waals surface area contributed by atoms with Crippen molar-refractivity contribution in [3.05, 3.63) is 76.6 Å². The van der Waals surface area contributed by atoms with Crippen molar-refractivity contribution in [3.63, 3.8) is 0 Å². The van der Waals surface area contributed by atoms with E-state index >= 15 is 0 Å². The Bertz CT molecular complexity index is 774. The first-order valence-corrected chi connectivity index (χ1v) is 7.90. The second-order valence-corrected chi connectivity index (χ2v) is 5.81. The first-order chi connectivity index (χ1) is 11.9. The van der Waals surface area contributed by atoms with Gasteiger partial charge in [-0.15, -0.1) is 0 Å². The number of amides is 1. The lowest BCUT2D eigenvalue weighted by atomic mass is 10.2. The molecule has 0 atom stereocenters. The van der Waals surface area contributed by atoms with Gasteiger partial charge in [-0.1, -0.05) is 35.9 Å². The van der Waals surface area contributed by atoms with E-state index in [1.54, 1.807) is 25.2 Å². The molecule has 0 spiro atoms. The predicted molar refractivity (Wildman–Crippen MR) is 94.3 cm³/mol. The fourth-order valence-electron chi connectivity index (χ4n) is 2.02. The molecule has 0 bridgehead atoms. The van der Waals surface area contributed by atoms with E-state index in [0.29, 0.717) is 17.1 Å². The Balaban J connectivity index is 1.80. The summed E-state index contributed by atoms with van der Waals surface area (Å²) in [5.41, 5.74) is 1.45. The van der Waals surface area contributed by atoms with E-state index in [-0.39, 0.29) is 12.5 Å². The van der Waals surface area contributed by atoms with Crippen LogP contribution in [-0.4, -0.2) is 30.4 Å². The second-order valence-electron chi connectivity index (χ2n) is 5.37. The Kier molecular flexibility index (Phi) is 6.71. The summed E-state index contributed by atoms with van der Waals surface area (Å²) in [6.45, 7) is 0.0170. The molecule has 0 saturated heterocycles. The molecule has 0 unspecified atom stereocenters. The summed E-state index contributed by atoms with van der Waals surface area (Å²) >= 11 is 5.81. The van der Waals surface area contributed by atoms with Crippen LogP contribution in [-0.2, 0) is 20.9 Å². The van der Waals surface area contributed by atoms with Crippen molar-refractivity contribution in [1.29, 1.82) is 0 Å². The van der Waals surface area contributed by atoms with Crippen molar-refractivity contribution in [2.24, 2.45) is 0 Å². The summed E-state index contributed by atoms with van der Waals surface area (Å²) in [6, 6.07) is 12.9. The maximum absolute atomic E-state index is 13.0. The highest BCUT2D eigenvalue weighted by atomic mass is 35.5. The zero-order valence-corrected chi connectivity index (χ0v) is 14.4. The van der Waals surface area contributed by atoms with E-state index in [4.69, 9.17) is 16.3 Å². The number of nitrogens with zero attached hydrogens (tertiary/aromatic N) is 1. The first-order valence-electron chi connectivity index (χ1n) is 7.53. The second kappa shape index (κ2) is 8.99. The van der Waals surface area contributed by atoms with Crippen LogP contribution in [0.5, 0.6) is 0 Å². The van der Waals surface area contributed by atoms with E-state index in [0.717, 1.165) is 11.6 Å². The number of hydrogen-bond acceptors (Lipinski definition) is 3. The van der Waals surface area contributed by atoms with Crippen molar-refractivity contribution in [2.75, 3.05) is 13.7 Å². The number of carbonyl (C=O) groups is 2. The van der Waals surface area contributed by atoms with Crippen molar-refractivity contribution >= 4 is 29.6 Å². The fraction of sp³-hybridized carbons (Fsp3) is 0.158. The van der Waals surface area contributed by atoms with Crippen molar-refractivity contribution < 1.29 is 18.7 Å². The summed E-state index contributed by atoms with van der Waals surface area (Å²) in [4.78, 5) is 25.1. The van der Waals surface area contributed by atoms with Crippen LogP contribution in [0.2, 0.25) is 5.02 Å². The molecule has 2 aromatic rings. The van der Waals surface area contributed by atoms with Gasteiger partial charge in [-0.3, -0.25) is 4.79 Å². The summed E-state index contributed by atoms with van der Waals surface area (Å²) in [5.74, 6) is -1.39. The molecular formula is C19H17ClFNO3. The quantitative estimate of drug-likeness (QED) is 0.582. The molecule has 2 aromatic carbocycles. The molecule has 25 heavy (non-hydrogen) atoms. The smallest absolute Gasteiger partial charge is 0.331 e. The average Bonchev–Trinajstić information content (AvgIpc) is 2.60. The molecule has 0 heterocycles. The molecule has 6 heteroatoms. The first kappa shape index (κ1) is 18.7. The highest BCUT2D eigenvalue weighted by Crippen LogP contribution is 2.11. The van der Waals surface area contributed by atoms with Gasteiger partial charge in [0.2, 0.25) is 0 Å². The number of ether oxygens (including phenoxy) is 1. The predicted octanol–water partition coefficient (Wildman–Crippen LogP) is 3.69. The van der Waals surface area contributed by atoms with E-state index in [1.807, 2.05) is 12.1 Å². The third kappa shape index (κ3) is 6.39. The van der Waals surface area contributed by atoms with Crippen LogP contribution < -0.4 is 0 Å². The molecular weight excluding hydrogens is 345 g/mol. The third-order valence-electron chi connectivity index (χ3n) is 3.36. The fourth-order valence-corrected chi connectivity index (χ4v) is 2.14. The van der Waals surface area contributed by atoms with Crippen LogP contribution in [0.4, 0.5) is 4.39 Å². The molecule has 130 valence electrons. The molecule has 0 aliphatic carbocycles. The standard InChI is InChI=1S/C19H17ClFNO3/c1-22(12-15-5-8-16(20)9-6-15)18(23)13-25-19(24)10-7-14-3-2-4-17(21)11-14/h2-11H,12-13H2,1H3/b10-7+. The van der Waals surface area contributed by atoms with E-state index in [2.05, 4.69) is 0 Å². The minimum Gasteiger partial charge on any atom is -0.452 e. The zero-order valence-electron chi connectivity index (χ0n) is 13.6. The van der Waals surface area contributed by atoms with Gasteiger partial charge in [0.1, 0.15) is 5.82 Å². The monoisotopic (exact) mass is 361 g/mol. The number of halogens is 2. The number of esters is 1. The van der Waals surface area contributed by atoms with Gasteiger partial charge in [0, 0.05) is 24.7 Å². The Morgan fingerprint density at radius 2 is 1.92 bits per heavy atom. The lowest BCUT2D eigenvalue weighted by Gasteiger charge is -2.17. The van der Waals surface area contributed by atoms with Crippen molar-refractivity contribution in [2.45, 2.75) is 6.54 Å². The summed E-state index contributed by atoms with van der Waals surface area (Å²) in [7, 11) is 1.62. The summed E-state index contributed by atoms with van der Waals surface area (Å²) in [5, 5.41) is 0.622. The SMILES string of the molecule is CN(Cc1ccc(Cl)cc1)C(=O)COC(=O)/C=C/c1cccc(F)c1. The normalized spacial score (nSPS) is 10.7. The van der Waals surface area contributed by atoms with Crippen molar-refractivity contribution in [3.8, 4) is 0 Å². The van der Waals surface area contributed by atoms with Crippen LogP contribution in [0.25, 0.3) is 6.08 Å². The summed E-state index contributed by atoms with van der Waals surface area (Å²) in [6.07, 6.45) is 2.58. The molecule has 0 saturated carbocycles. The maximum atomic E-state index is 13.0. The van der Waals surface area contributed by atoms with Gasteiger partial charge in [0.25, 0.3) is 5.91 Å². The van der Waals surface area contributed by atoms with Crippen LogP contribution in [0, 0.1) is 5.82 Å². The van der Waals surface area contributed by atoms with Crippen LogP contribution in [0.1, 0.15) is 11.1 Å². The molecule has 0 fully saturated rings. The van der Waals surface area contributed by atoms with E-state index in [9.17, 15) is 14.0 Å². The molecule has 0 aliphatic heterocycles. The largest absolute Gasteiger partial charge is 0.452 e. The van der Waals surface area contributed by atoms with Gasteiger partial charge in [-0.25, -0.2) is 9.18 Å². The number of benzene rings is 2. The Hall–Kier alpha value is -2.66. The van der Waals surface area contributed by atoms with Gasteiger partial charge in [-0.2, -0.15) is 0 Å². The minimum atomic E-state index is -0.669. The van der Waals surface area contributed by atoms with Crippen molar-refractivity contribution in [1.82, 2.24) is 4.90 Å². The average molecular weight is 362 g/mol. The van der Waals surface area contributed by atoms with Gasteiger partial charge in [0.15, 0.2) is 6.61 Å². The Morgan fingerprint density at radius 1 is 1.20 bits per heavy atom. The number of carbonyl (C=O) groups excluding carboxylic acids is 2. The molecule has 0 aromatic heterocycles. The highest BCUT2D eigenvalue weighted by molar-refractivity contribution is 6.30. The Morgan fingerprint density at radius 3 is 2.60 bits per heavy atom. The lowest BCUT2D eigenvalue weighted by Crippen LogP contribution is -2.30. The topological polar surface area (TPSA) is 46.6 Å². The van der Waals surface area contributed by atoms with Crippen LogP contribution in [0.3, 0.4) is 0 Å². The molecule has 1 amide bonds. The van der Waals surface area contributed by atoms with E-state index < -0.39 is 11.8 Å². The van der Waals surface area contributed by atoms with Gasteiger partial charge < -0.3 is 9.64 Å².